The summed E-state index contributed by atoms with van der Waals surface area (Å²) < 4.78 is 45.7. The third-order valence-electron chi connectivity index (χ3n) is 2.86. The summed E-state index contributed by atoms with van der Waals surface area (Å²) in [6.07, 6.45) is 0.800. The SMILES string of the molecule is CN/C=C(/C(=O)OC)C(=O)c1c(F)c(C)c(F)c(F)c1[N+](=O)[O-]. The Kier molecular flexibility index (Phi) is 5.44. The number of ether oxygens (including phenoxy) is 1. The van der Waals surface area contributed by atoms with E-state index in [9.17, 15) is 32.9 Å². The summed E-state index contributed by atoms with van der Waals surface area (Å²) in [7, 11) is 2.21. The van der Waals surface area contributed by atoms with Gasteiger partial charge in [0.2, 0.25) is 11.6 Å². The molecule has 0 heterocycles. The number of nitrogens with one attached hydrogen (secondary N) is 1. The van der Waals surface area contributed by atoms with Gasteiger partial charge in [-0.05, 0) is 6.92 Å². The lowest BCUT2D eigenvalue weighted by Gasteiger charge is -2.10. The minimum atomic E-state index is -1.99. The second-order valence-corrected chi connectivity index (χ2v) is 4.22. The van der Waals surface area contributed by atoms with Crippen LogP contribution in [0.25, 0.3) is 0 Å². The molecule has 7 nitrogen and oxygen atoms in total. The van der Waals surface area contributed by atoms with E-state index >= 15 is 0 Å². The van der Waals surface area contributed by atoms with E-state index in [-0.39, 0.29) is 0 Å². The van der Waals surface area contributed by atoms with E-state index in [1.165, 1.54) is 7.05 Å². The van der Waals surface area contributed by atoms with Crippen molar-refractivity contribution in [2.24, 2.45) is 0 Å². The van der Waals surface area contributed by atoms with Gasteiger partial charge in [0.15, 0.2) is 5.82 Å². The largest absolute Gasteiger partial charge is 0.465 e. The van der Waals surface area contributed by atoms with E-state index in [0.717, 1.165) is 20.2 Å². The second kappa shape index (κ2) is 6.90. The van der Waals surface area contributed by atoms with Gasteiger partial charge < -0.3 is 10.1 Å². The lowest BCUT2D eigenvalue weighted by Crippen LogP contribution is -2.21. The van der Waals surface area contributed by atoms with E-state index in [1.54, 1.807) is 0 Å². The Balaban J connectivity index is 3.77. The molecule has 0 spiro atoms. The molecule has 0 aliphatic rings. The zero-order valence-corrected chi connectivity index (χ0v) is 12.2. The molecule has 0 fully saturated rings. The molecule has 1 N–H and O–H groups in total. The van der Waals surface area contributed by atoms with Crippen LogP contribution in [-0.4, -0.2) is 30.8 Å². The molecule has 0 amide bonds. The van der Waals surface area contributed by atoms with Crippen LogP contribution >= 0.6 is 0 Å². The van der Waals surface area contributed by atoms with Crippen molar-refractivity contribution in [3.63, 3.8) is 0 Å². The predicted molar refractivity (Wildman–Crippen MR) is 71.2 cm³/mol. The van der Waals surface area contributed by atoms with Crippen molar-refractivity contribution in [2.45, 2.75) is 6.92 Å². The monoisotopic (exact) mass is 332 g/mol. The number of hydrogen-bond acceptors (Lipinski definition) is 6. The Labute approximate surface area is 127 Å². The highest BCUT2D eigenvalue weighted by atomic mass is 19.2. The van der Waals surface area contributed by atoms with Gasteiger partial charge in [-0.3, -0.25) is 14.9 Å². The van der Waals surface area contributed by atoms with Crippen LogP contribution in [0.4, 0.5) is 18.9 Å². The molecule has 0 saturated carbocycles. The van der Waals surface area contributed by atoms with Crippen LogP contribution < -0.4 is 5.32 Å². The molecule has 1 aromatic carbocycles. The molecular formula is C13H11F3N2O5. The zero-order chi connectivity index (χ0) is 17.9. The number of esters is 1. The summed E-state index contributed by atoms with van der Waals surface area (Å²) in [4.78, 5) is 33.3. The smallest absolute Gasteiger partial charge is 0.343 e. The van der Waals surface area contributed by atoms with Gasteiger partial charge in [0, 0.05) is 18.8 Å². The fourth-order valence-corrected chi connectivity index (χ4v) is 1.75. The number of ketones is 1. The van der Waals surface area contributed by atoms with E-state index < -0.39 is 56.5 Å². The quantitative estimate of drug-likeness (QED) is 0.129. The Hall–Kier alpha value is -2.91. The van der Waals surface area contributed by atoms with Crippen LogP contribution in [0.2, 0.25) is 0 Å². The number of nitro benzene ring substituents is 1. The Morgan fingerprint density at radius 3 is 2.22 bits per heavy atom. The number of carbonyl (C=O) groups is 2. The fourth-order valence-electron chi connectivity index (χ4n) is 1.75. The molecule has 23 heavy (non-hydrogen) atoms. The van der Waals surface area contributed by atoms with E-state index in [1.807, 2.05) is 0 Å². The number of nitro groups is 1. The third-order valence-corrected chi connectivity index (χ3v) is 2.86. The highest BCUT2D eigenvalue weighted by molar-refractivity contribution is 6.25. The molecular weight excluding hydrogens is 321 g/mol. The van der Waals surface area contributed by atoms with Crippen LogP contribution in [0.3, 0.4) is 0 Å². The van der Waals surface area contributed by atoms with E-state index in [2.05, 4.69) is 10.1 Å². The highest BCUT2D eigenvalue weighted by Crippen LogP contribution is 2.32. The number of halogens is 3. The van der Waals surface area contributed by atoms with Crippen molar-refractivity contribution >= 4 is 17.4 Å². The molecule has 124 valence electrons. The summed E-state index contributed by atoms with van der Waals surface area (Å²) in [6, 6.07) is 0. The van der Waals surface area contributed by atoms with Gasteiger partial charge >= 0.3 is 11.7 Å². The van der Waals surface area contributed by atoms with E-state index in [4.69, 9.17) is 0 Å². The topological polar surface area (TPSA) is 98.5 Å². The van der Waals surface area contributed by atoms with Crippen LogP contribution in [-0.2, 0) is 9.53 Å². The van der Waals surface area contributed by atoms with Crippen LogP contribution in [0.5, 0.6) is 0 Å². The molecule has 1 aromatic rings. The Morgan fingerprint density at radius 1 is 1.22 bits per heavy atom. The number of nitrogens with zero attached hydrogens (tertiary/aromatic N) is 1. The molecule has 0 aliphatic carbocycles. The summed E-state index contributed by atoms with van der Waals surface area (Å²) in [5.74, 6) is -8.17. The first-order valence-electron chi connectivity index (χ1n) is 6.00. The van der Waals surface area contributed by atoms with Crippen molar-refractivity contribution in [1.29, 1.82) is 0 Å². The first kappa shape index (κ1) is 18.1. The molecule has 0 atom stereocenters. The zero-order valence-electron chi connectivity index (χ0n) is 12.2. The molecule has 0 bridgehead atoms. The summed E-state index contributed by atoms with van der Waals surface area (Å²) in [5, 5.41) is 13.2. The standard InChI is InChI=1S/C13H11F3N2O5/c1-5-8(14)7(11(18(21)22)10(16)9(5)15)12(19)6(4-17-2)13(20)23-3/h4,17H,1-3H3/b6-4+. The lowest BCUT2D eigenvalue weighted by molar-refractivity contribution is -0.388. The lowest BCUT2D eigenvalue weighted by atomic mass is 9.98. The van der Waals surface area contributed by atoms with Crippen LogP contribution in [0.15, 0.2) is 11.8 Å². The minimum absolute atomic E-state index is 0.799. The first-order chi connectivity index (χ1) is 10.7. The van der Waals surface area contributed by atoms with Crippen LogP contribution in [0.1, 0.15) is 15.9 Å². The molecule has 0 aromatic heterocycles. The summed E-state index contributed by atoms with van der Waals surface area (Å²) in [5.41, 5.74) is -4.80. The number of rotatable bonds is 5. The van der Waals surface area contributed by atoms with Crippen molar-refractivity contribution in [1.82, 2.24) is 5.32 Å². The Morgan fingerprint density at radius 2 is 1.78 bits per heavy atom. The van der Waals surface area contributed by atoms with Crippen LogP contribution in [0, 0.1) is 34.5 Å². The van der Waals surface area contributed by atoms with Crippen molar-refractivity contribution in [3.8, 4) is 0 Å². The highest BCUT2D eigenvalue weighted by Gasteiger charge is 2.37. The number of hydrogen-bond donors (Lipinski definition) is 1. The molecule has 0 aliphatic heterocycles. The van der Waals surface area contributed by atoms with Crippen molar-refractivity contribution in [2.75, 3.05) is 14.2 Å². The van der Waals surface area contributed by atoms with Gasteiger partial charge in [-0.15, -0.1) is 0 Å². The Bertz CT molecular complexity index is 731. The van der Waals surface area contributed by atoms with Gasteiger partial charge in [0.25, 0.3) is 0 Å². The van der Waals surface area contributed by atoms with Crippen molar-refractivity contribution < 1.29 is 32.4 Å². The molecule has 1 rings (SSSR count). The fraction of sp³-hybridized carbons (Fsp3) is 0.231. The maximum atomic E-state index is 14.2. The average Bonchev–Trinajstić information content (AvgIpc) is 2.51. The summed E-state index contributed by atoms with van der Waals surface area (Å²) in [6.45, 7) is 0.799. The van der Waals surface area contributed by atoms with Gasteiger partial charge in [-0.25, -0.2) is 13.6 Å². The van der Waals surface area contributed by atoms with Gasteiger partial charge in [0.1, 0.15) is 17.0 Å². The van der Waals surface area contributed by atoms with Gasteiger partial charge in [-0.1, -0.05) is 0 Å². The maximum absolute atomic E-state index is 14.2. The maximum Gasteiger partial charge on any atom is 0.343 e. The third kappa shape index (κ3) is 3.15. The molecule has 0 unspecified atom stereocenters. The van der Waals surface area contributed by atoms with Crippen molar-refractivity contribution in [3.05, 3.63) is 50.5 Å². The number of benzene rings is 1. The van der Waals surface area contributed by atoms with Gasteiger partial charge in [0.05, 0.1) is 12.0 Å². The number of methoxy groups -OCH3 is 1. The minimum Gasteiger partial charge on any atom is -0.465 e. The normalized spacial score (nSPS) is 11.1. The number of Topliss-reactive ketones (excluding diaryl/α,β-unsaturated/α-hetero) is 1. The number of carbonyl (C=O) groups excluding carboxylic acids is 2. The summed E-state index contributed by atoms with van der Waals surface area (Å²) >= 11 is 0. The van der Waals surface area contributed by atoms with Gasteiger partial charge in [-0.2, -0.15) is 4.39 Å². The van der Waals surface area contributed by atoms with E-state index in [0.29, 0.717) is 0 Å². The first-order valence-corrected chi connectivity index (χ1v) is 6.00. The predicted octanol–water partition coefficient (Wildman–Crippen LogP) is 1.78. The molecule has 0 saturated heterocycles. The second-order valence-electron chi connectivity index (χ2n) is 4.22. The molecule has 10 heteroatoms. The molecule has 0 radical (unpaired) electrons. The average molecular weight is 332 g/mol.